The third-order valence-electron chi connectivity index (χ3n) is 2.37. The number of hydrogen-bond acceptors (Lipinski definition) is 5. The van der Waals surface area contributed by atoms with E-state index in [1.807, 2.05) is 18.2 Å². The van der Waals surface area contributed by atoms with Crippen molar-refractivity contribution in [2.45, 2.75) is 0 Å². The van der Waals surface area contributed by atoms with Crippen LogP contribution in [0.1, 0.15) is 10.5 Å². The number of carbonyl (C=O) groups excluding carboxylic acids is 1. The first kappa shape index (κ1) is 10.8. The van der Waals surface area contributed by atoms with Gasteiger partial charge in [-0.25, -0.2) is 9.97 Å². The lowest BCUT2D eigenvalue weighted by Gasteiger charge is -2.02. The number of aromatic nitrogens is 3. The number of carbonyl (C=O) groups is 1. The maximum atomic E-state index is 11.9. The van der Waals surface area contributed by atoms with Crippen molar-refractivity contribution in [2.24, 2.45) is 0 Å². The van der Waals surface area contributed by atoms with Crippen molar-refractivity contribution in [2.75, 3.05) is 5.32 Å². The number of fused-ring (bicyclic) bond motifs is 1. The maximum absolute atomic E-state index is 11.9. The summed E-state index contributed by atoms with van der Waals surface area (Å²) in [4.78, 5) is 24.2. The molecule has 0 aromatic carbocycles. The molecule has 0 aliphatic heterocycles. The van der Waals surface area contributed by atoms with Gasteiger partial charge in [0.2, 0.25) is 0 Å². The first-order valence-corrected chi connectivity index (χ1v) is 6.12. The van der Waals surface area contributed by atoms with Crippen LogP contribution in [-0.2, 0) is 0 Å². The van der Waals surface area contributed by atoms with E-state index in [0.717, 1.165) is 5.39 Å². The molecule has 3 aromatic heterocycles. The highest BCUT2D eigenvalue weighted by Crippen LogP contribution is 2.14. The van der Waals surface area contributed by atoms with E-state index < -0.39 is 0 Å². The molecular weight excluding hydrogens is 248 g/mol. The second-order valence-corrected chi connectivity index (χ2v) is 4.45. The molecule has 3 aromatic rings. The third kappa shape index (κ3) is 2.05. The van der Waals surface area contributed by atoms with Gasteiger partial charge in [-0.15, -0.1) is 11.3 Å². The average Bonchev–Trinajstić information content (AvgIpc) is 2.91. The van der Waals surface area contributed by atoms with Crippen LogP contribution >= 0.6 is 11.3 Å². The van der Waals surface area contributed by atoms with E-state index in [1.165, 1.54) is 11.3 Å². The van der Waals surface area contributed by atoms with E-state index in [1.54, 1.807) is 24.0 Å². The van der Waals surface area contributed by atoms with E-state index >= 15 is 0 Å². The van der Waals surface area contributed by atoms with E-state index in [2.05, 4.69) is 20.3 Å². The third-order valence-corrected chi connectivity index (χ3v) is 3.05. The zero-order valence-corrected chi connectivity index (χ0v) is 10.0. The zero-order chi connectivity index (χ0) is 12.4. The van der Waals surface area contributed by atoms with Gasteiger partial charge < -0.3 is 5.32 Å². The molecule has 3 heterocycles. The van der Waals surface area contributed by atoms with Gasteiger partial charge in [0, 0.05) is 11.6 Å². The van der Waals surface area contributed by atoms with Gasteiger partial charge in [0.1, 0.15) is 10.7 Å². The van der Waals surface area contributed by atoms with Crippen LogP contribution in [0.5, 0.6) is 0 Å². The predicted molar refractivity (Wildman–Crippen MR) is 69.6 cm³/mol. The summed E-state index contributed by atoms with van der Waals surface area (Å²) >= 11 is 1.36. The first-order chi connectivity index (χ1) is 8.83. The van der Waals surface area contributed by atoms with Gasteiger partial charge in [-0.1, -0.05) is 0 Å². The fourth-order valence-electron chi connectivity index (χ4n) is 1.53. The minimum atomic E-state index is -0.258. The highest BCUT2D eigenvalue weighted by Gasteiger charge is 2.09. The van der Waals surface area contributed by atoms with Crippen molar-refractivity contribution >= 4 is 33.3 Å². The maximum Gasteiger partial charge on any atom is 0.274 e. The standard InChI is InChI=1S/C12H8N4OS/c17-12(16-10-6-13-7-18-10)9-4-3-8-2-1-5-14-11(8)15-9/h1-7H,(H,16,17). The van der Waals surface area contributed by atoms with Crippen molar-refractivity contribution < 1.29 is 4.79 Å². The lowest BCUT2D eigenvalue weighted by Crippen LogP contribution is -2.12. The Morgan fingerprint density at radius 2 is 2.22 bits per heavy atom. The van der Waals surface area contributed by atoms with Crippen molar-refractivity contribution in [3.8, 4) is 0 Å². The number of pyridine rings is 2. The van der Waals surface area contributed by atoms with E-state index in [-0.39, 0.29) is 5.91 Å². The van der Waals surface area contributed by atoms with Crippen LogP contribution in [-0.4, -0.2) is 20.9 Å². The van der Waals surface area contributed by atoms with Gasteiger partial charge in [-0.05, 0) is 24.3 Å². The van der Waals surface area contributed by atoms with E-state index in [9.17, 15) is 4.79 Å². The number of hydrogen-bond donors (Lipinski definition) is 1. The molecule has 88 valence electrons. The second-order valence-electron chi connectivity index (χ2n) is 3.57. The summed E-state index contributed by atoms with van der Waals surface area (Å²) in [5.41, 5.74) is 2.56. The molecule has 6 heteroatoms. The van der Waals surface area contributed by atoms with Gasteiger partial charge in [0.05, 0.1) is 11.7 Å². The molecule has 0 saturated heterocycles. The number of nitrogens with zero attached hydrogens (tertiary/aromatic N) is 3. The molecular formula is C12H8N4OS. The summed E-state index contributed by atoms with van der Waals surface area (Å²) in [5, 5.41) is 4.34. The quantitative estimate of drug-likeness (QED) is 0.764. The van der Waals surface area contributed by atoms with Crippen LogP contribution < -0.4 is 5.32 Å². The fourth-order valence-corrected chi connectivity index (χ4v) is 2.04. The SMILES string of the molecule is O=C(Nc1cncs1)c1ccc2cccnc2n1. The molecule has 0 bridgehead atoms. The molecule has 0 unspecified atom stereocenters. The lowest BCUT2D eigenvalue weighted by atomic mass is 10.2. The Morgan fingerprint density at radius 3 is 3.06 bits per heavy atom. The molecule has 3 rings (SSSR count). The minimum Gasteiger partial charge on any atom is -0.311 e. The van der Waals surface area contributed by atoms with Crippen LogP contribution in [0, 0.1) is 0 Å². The number of thiazole rings is 1. The number of anilines is 1. The highest BCUT2D eigenvalue weighted by molar-refractivity contribution is 7.14. The summed E-state index contributed by atoms with van der Waals surface area (Å²) in [5.74, 6) is -0.258. The molecule has 1 N–H and O–H groups in total. The molecule has 0 aliphatic rings. The molecule has 0 atom stereocenters. The Balaban J connectivity index is 1.92. The summed E-state index contributed by atoms with van der Waals surface area (Å²) in [7, 11) is 0. The Morgan fingerprint density at radius 1 is 1.28 bits per heavy atom. The fraction of sp³-hybridized carbons (Fsp3) is 0. The largest absolute Gasteiger partial charge is 0.311 e. The second kappa shape index (κ2) is 4.50. The van der Waals surface area contributed by atoms with Crippen molar-refractivity contribution in [3.63, 3.8) is 0 Å². The molecule has 0 fully saturated rings. The van der Waals surface area contributed by atoms with Crippen molar-refractivity contribution in [1.82, 2.24) is 15.0 Å². The Hall–Kier alpha value is -2.34. The van der Waals surface area contributed by atoms with Crippen LogP contribution in [0.2, 0.25) is 0 Å². The number of rotatable bonds is 2. The predicted octanol–water partition coefficient (Wildman–Crippen LogP) is 2.34. The Kier molecular flexibility index (Phi) is 2.70. The average molecular weight is 256 g/mol. The van der Waals surface area contributed by atoms with E-state index in [0.29, 0.717) is 16.3 Å². The monoisotopic (exact) mass is 256 g/mol. The van der Waals surface area contributed by atoms with Gasteiger partial charge in [-0.2, -0.15) is 0 Å². The molecule has 0 saturated carbocycles. The minimum absolute atomic E-state index is 0.258. The molecule has 0 radical (unpaired) electrons. The molecule has 1 amide bonds. The Labute approximate surface area is 107 Å². The summed E-state index contributed by atoms with van der Waals surface area (Å²) in [6, 6.07) is 7.25. The van der Waals surface area contributed by atoms with Gasteiger partial charge >= 0.3 is 0 Å². The van der Waals surface area contributed by atoms with Gasteiger partial charge in [0.15, 0.2) is 5.65 Å². The lowest BCUT2D eigenvalue weighted by molar-refractivity contribution is 0.102. The topological polar surface area (TPSA) is 67.8 Å². The van der Waals surface area contributed by atoms with E-state index in [4.69, 9.17) is 0 Å². The van der Waals surface area contributed by atoms with Crippen LogP contribution in [0.4, 0.5) is 5.00 Å². The molecule has 5 nitrogen and oxygen atoms in total. The van der Waals surface area contributed by atoms with Crippen molar-refractivity contribution in [3.05, 3.63) is 47.9 Å². The van der Waals surface area contributed by atoms with Crippen LogP contribution in [0.3, 0.4) is 0 Å². The normalized spacial score (nSPS) is 10.4. The van der Waals surface area contributed by atoms with Crippen molar-refractivity contribution in [1.29, 1.82) is 0 Å². The summed E-state index contributed by atoms with van der Waals surface area (Å²) in [6.07, 6.45) is 3.25. The zero-order valence-electron chi connectivity index (χ0n) is 9.20. The molecule has 0 spiro atoms. The summed E-state index contributed by atoms with van der Waals surface area (Å²) < 4.78 is 0. The van der Waals surface area contributed by atoms with Crippen LogP contribution in [0.15, 0.2) is 42.2 Å². The smallest absolute Gasteiger partial charge is 0.274 e. The Bertz CT molecular complexity index is 696. The van der Waals surface area contributed by atoms with Crippen LogP contribution in [0.25, 0.3) is 11.0 Å². The molecule has 0 aliphatic carbocycles. The molecule has 18 heavy (non-hydrogen) atoms. The highest BCUT2D eigenvalue weighted by atomic mass is 32.1. The summed E-state index contributed by atoms with van der Waals surface area (Å²) in [6.45, 7) is 0. The van der Waals surface area contributed by atoms with Gasteiger partial charge in [-0.3, -0.25) is 9.78 Å². The number of nitrogens with one attached hydrogen (secondary N) is 1. The number of amides is 1. The first-order valence-electron chi connectivity index (χ1n) is 5.24. The van der Waals surface area contributed by atoms with Gasteiger partial charge in [0.25, 0.3) is 5.91 Å².